The fraction of sp³-hybridized carbons (Fsp3) is 0.429. The van der Waals surface area contributed by atoms with Crippen LogP contribution in [0.15, 0.2) is 29.2 Å². The van der Waals surface area contributed by atoms with E-state index >= 15 is 0 Å². The molecule has 1 N–H and O–H groups in total. The van der Waals surface area contributed by atoms with E-state index in [9.17, 15) is 9.59 Å². The van der Waals surface area contributed by atoms with Crippen molar-refractivity contribution in [3.05, 3.63) is 29.8 Å². The first-order valence-corrected chi connectivity index (χ1v) is 7.36. The average molecular weight is 279 g/mol. The quantitative estimate of drug-likeness (QED) is 0.838. The molecule has 1 aromatic rings. The van der Waals surface area contributed by atoms with E-state index in [1.54, 1.807) is 23.7 Å². The highest BCUT2D eigenvalue weighted by atomic mass is 32.2. The van der Waals surface area contributed by atoms with Gasteiger partial charge in [-0.15, -0.1) is 11.8 Å². The van der Waals surface area contributed by atoms with Crippen LogP contribution in [0.1, 0.15) is 12.0 Å². The number of carbonyl (C=O) groups excluding carboxylic acids is 1. The van der Waals surface area contributed by atoms with Crippen LogP contribution < -0.4 is 0 Å². The van der Waals surface area contributed by atoms with Crippen LogP contribution >= 0.6 is 11.8 Å². The maximum absolute atomic E-state index is 12.0. The number of carboxylic acids is 1. The highest BCUT2D eigenvalue weighted by Gasteiger charge is 2.49. The topological polar surface area (TPSA) is 57.6 Å². The Morgan fingerprint density at radius 3 is 2.42 bits per heavy atom. The van der Waals surface area contributed by atoms with Gasteiger partial charge in [-0.1, -0.05) is 12.1 Å². The number of amides is 1. The summed E-state index contributed by atoms with van der Waals surface area (Å²) in [6, 6.07) is 8.04. The normalized spacial score (nSPS) is 20.9. The number of hydrogen-bond donors (Lipinski definition) is 1. The van der Waals surface area contributed by atoms with Crippen LogP contribution in [-0.2, 0) is 16.1 Å². The average Bonchev–Trinajstić information content (AvgIpc) is 3.19. The Morgan fingerprint density at radius 2 is 1.95 bits per heavy atom. The predicted octanol–water partition coefficient (Wildman–Crippen LogP) is 2.09. The third-order valence-corrected chi connectivity index (χ3v) is 4.12. The monoisotopic (exact) mass is 279 g/mol. The van der Waals surface area contributed by atoms with E-state index in [-0.39, 0.29) is 11.8 Å². The molecule has 0 unspecified atom stereocenters. The zero-order valence-corrected chi connectivity index (χ0v) is 11.8. The van der Waals surface area contributed by atoms with Gasteiger partial charge in [-0.25, -0.2) is 0 Å². The van der Waals surface area contributed by atoms with Crippen molar-refractivity contribution in [3.63, 3.8) is 0 Å². The Hall–Kier alpha value is -1.49. The van der Waals surface area contributed by atoms with Gasteiger partial charge in [-0.3, -0.25) is 9.59 Å². The maximum Gasteiger partial charge on any atom is 0.307 e. The SMILES string of the molecule is CSc1ccc(CN(C)C(=O)[C@@H]2C[C@@H]2C(=O)O)cc1. The van der Waals surface area contributed by atoms with Crippen molar-refractivity contribution in [2.75, 3.05) is 13.3 Å². The summed E-state index contributed by atoms with van der Waals surface area (Å²) in [5.41, 5.74) is 1.06. The number of carboxylic acid groups (broad SMARTS) is 1. The molecule has 0 spiro atoms. The lowest BCUT2D eigenvalue weighted by Crippen LogP contribution is -2.28. The zero-order valence-electron chi connectivity index (χ0n) is 11.0. The van der Waals surface area contributed by atoms with Gasteiger partial charge in [0, 0.05) is 18.5 Å². The molecule has 0 heterocycles. The van der Waals surface area contributed by atoms with Gasteiger partial charge in [0.25, 0.3) is 0 Å². The van der Waals surface area contributed by atoms with Crippen molar-refractivity contribution < 1.29 is 14.7 Å². The van der Waals surface area contributed by atoms with E-state index in [1.807, 2.05) is 30.5 Å². The molecular weight excluding hydrogens is 262 g/mol. The smallest absolute Gasteiger partial charge is 0.307 e. The number of rotatable bonds is 5. The van der Waals surface area contributed by atoms with Gasteiger partial charge < -0.3 is 10.0 Å². The van der Waals surface area contributed by atoms with Crippen molar-refractivity contribution in [1.82, 2.24) is 4.90 Å². The molecular formula is C14H17NO3S. The first-order valence-electron chi connectivity index (χ1n) is 6.13. The number of nitrogens with zero attached hydrogens (tertiary/aromatic N) is 1. The molecule has 1 aliphatic rings. The van der Waals surface area contributed by atoms with Crippen molar-refractivity contribution in [1.29, 1.82) is 0 Å². The molecule has 0 saturated heterocycles. The lowest BCUT2D eigenvalue weighted by atomic mass is 10.2. The standard InChI is InChI=1S/C14H17NO3S/c1-15(13(16)11-7-12(11)14(17)18)8-9-3-5-10(19-2)6-4-9/h3-6,11-12H,7-8H2,1-2H3,(H,17,18)/t11-,12+/m1/s1. The second kappa shape index (κ2) is 5.65. The van der Waals surface area contributed by atoms with Crippen LogP contribution in [0.2, 0.25) is 0 Å². The van der Waals surface area contributed by atoms with Crippen LogP contribution in [-0.4, -0.2) is 35.2 Å². The molecule has 2 atom stereocenters. The number of aliphatic carboxylic acids is 1. The minimum absolute atomic E-state index is 0.0682. The summed E-state index contributed by atoms with van der Waals surface area (Å²) < 4.78 is 0. The molecule has 0 bridgehead atoms. The summed E-state index contributed by atoms with van der Waals surface area (Å²) in [6.07, 6.45) is 2.49. The van der Waals surface area contributed by atoms with E-state index in [0.717, 1.165) is 5.56 Å². The third kappa shape index (κ3) is 3.29. The molecule has 5 heteroatoms. The van der Waals surface area contributed by atoms with Crippen LogP contribution in [0.3, 0.4) is 0 Å². The van der Waals surface area contributed by atoms with Gasteiger partial charge in [-0.2, -0.15) is 0 Å². The molecule has 1 saturated carbocycles. The van der Waals surface area contributed by atoms with Gasteiger partial charge in [-0.05, 0) is 30.4 Å². The minimum atomic E-state index is -0.865. The Bertz CT molecular complexity index is 486. The summed E-state index contributed by atoms with van der Waals surface area (Å²) in [6.45, 7) is 0.524. The Labute approximate surface area is 116 Å². The Balaban J connectivity index is 1.91. The second-order valence-corrected chi connectivity index (χ2v) is 5.71. The molecule has 0 aromatic heterocycles. The molecule has 4 nitrogen and oxygen atoms in total. The molecule has 0 radical (unpaired) electrons. The summed E-state index contributed by atoms with van der Waals surface area (Å²) in [4.78, 5) is 25.6. The summed E-state index contributed by atoms with van der Waals surface area (Å²) in [7, 11) is 1.72. The van der Waals surface area contributed by atoms with Crippen LogP contribution in [0.5, 0.6) is 0 Å². The molecule has 1 fully saturated rings. The number of thioether (sulfide) groups is 1. The first-order chi connectivity index (χ1) is 9.02. The third-order valence-electron chi connectivity index (χ3n) is 3.38. The number of benzene rings is 1. The van der Waals surface area contributed by atoms with Crippen molar-refractivity contribution in [2.45, 2.75) is 17.9 Å². The minimum Gasteiger partial charge on any atom is -0.481 e. The van der Waals surface area contributed by atoms with E-state index < -0.39 is 11.9 Å². The molecule has 102 valence electrons. The van der Waals surface area contributed by atoms with Gasteiger partial charge in [0.2, 0.25) is 5.91 Å². The summed E-state index contributed by atoms with van der Waals surface area (Å²) in [5, 5.41) is 8.83. The van der Waals surface area contributed by atoms with Gasteiger partial charge >= 0.3 is 5.97 Å². The van der Waals surface area contributed by atoms with Crippen molar-refractivity contribution >= 4 is 23.6 Å². The lowest BCUT2D eigenvalue weighted by Gasteiger charge is -2.17. The predicted molar refractivity (Wildman–Crippen MR) is 73.9 cm³/mol. The van der Waals surface area contributed by atoms with E-state index in [0.29, 0.717) is 13.0 Å². The van der Waals surface area contributed by atoms with Gasteiger partial charge in [0.15, 0.2) is 0 Å². The van der Waals surface area contributed by atoms with Crippen LogP contribution in [0.4, 0.5) is 0 Å². The van der Waals surface area contributed by atoms with E-state index in [1.165, 1.54) is 4.90 Å². The Kier molecular flexibility index (Phi) is 4.14. The lowest BCUT2D eigenvalue weighted by molar-refractivity contribution is -0.141. The van der Waals surface area contributed by atoms with E-state index in [2.05, 4.69) is 0 Å². The number of hydrogen-bond acceptors (Lipinski definition) is 3. The first kappa shape index (κ1) is 13.9. The van der Waals surface area contributed by atoms with Crippen molar-refractivity contribution in [2.24, 2.45) is 11.8 Å². The highest BCUT2D eigenvalue weighted by Crippen LogP contribution is 2.40. The number of carbonyl (C=O) groups is 2. The van der Waals surface area contributed by atoms with Gasteiger partial charge in [0.1, 0.15) is 0 Å². The molecule has 1 aromatic carbocycles. The van der Waals surface area contributed by atoms with Crippen molar-refractivity contribution in [3.8, 4) is 0 Å². The maximum atomic E-state index is 12.0. The molecule has 19 heavy (non-hydrogen) atoms. The molecule has 1 amide bonds. The van der Waals surface area contributed by atoms with Gasteiger partial charge in [0.05, 0.1) is 11.8 Å². The largest absolute Gasteiger partial charge is 0.481 e. The zero-order chi connectivity index (χ0) is 14.0. The van der Waals surface area contributed by atoms with Crippen LogP contribution in [0, 0.1) is 11.8 Å². The fourth-order valence-electron chi connectivity index (χ4n) is 2.11. The van der Waals surface area contributed by atoms with E-state index in [4.69, 9.17) is 5.11 Å². The summed E-state index contributed by atoms with van der Waals surface area (Å²) >= 11 is 1.68. The Morgan fingerprint density at radius 1 is 1.32 bits per heavy atom. The fourth-order valence-corrected chi connectivity index (χ4v) is 2.51. The van der Waals surface area contributed by atoms with Crippen LogP contribution in [0.25, 0.3) is 0 Å². The summed E-state index contributed by atoms with van der Waals surface area (Å²) in [5.74, 6) is -1.74. The molecule has 2 rings (SSSR count). The second-order valence-electron chi connectivity index (χ2n) is 4.83. The molecule has 1 aliphatic carbocycles. The molecule has 0 aliphatic heterocycles. The highest BCUT2D eigenvalue weighted by molar-refractivity contribution is 7.98.